The maximum atomic E-state index is 12.4. The summed E-state index contributed by atoms with van der Waals surface area (Å²) in [5.74, 6) is 0. The van der Waals surface area contributed by atoms with Gasteiger partial charge in [-0.25, -0.2) is 0 Å². The highest BCUT2D eigenvalue weighted by atomic mass is 31.2. The first-order chi connectivity index (χ1) is 8.86. The summed E-state index contributed by atoms with van der Waals surface area (Å²) >= 11 is 0. The van der Waals surface area contributed by atoms with Crippen LogP contribution in [0.5, 0.6) is 0 Å². The summed E-state index contributed by atoms with van der Waals surface area (Å²) in [6.45, 7) is 8.83. The number of hydrogen-bond donors (Lipinski definition) is 1. The highest BCUT2D eigenvalue weighted by Gasteiger charge is 2.20. The van der Waals surface area contributed by atoms with E-state index in [0.717, 1.165) is 43.6 Å². The van der Waals surface area contributed by atoms with Crippen molar-refractivity contribution in [1.82, 2.24) is 9.80 Å². The zero-order chi connectivity index (χ0) is 14.0. The molecule has 0 atom stereocenters. The molecule has 1 heterocycles. The first kappa shape index (κ1) is 14.6. The highest BCUT2D eigenvalue weighted by Crippen LogP contribution is 2.37. The predicted molar refractivity (Wildman–Crippen MR) is 82.7 cm³/mol. The molecule has 0 amide bonds. The molecule has 19 heavy (non-hydrogen) atoms. The molecule has 0 spiro atoms. The summed E-state index contributed by atoms with van der Waals surface area (Å²) in [5.41, 5.74) is 7.69. The Bertz CT molecular complexity index is 489. The van der Waals surface area contributed by atoms with E-state index in [2.05, 4.69) is 16.8 Å². The van der Waals surface area contributed by atoms with E-state index in [9.17, 15) is 4.57 Å². The van der Waals surface area contributed by atoms with E-state index in [1.54, 1.807) is 0 Å². The van der Waals surface area contributed by atoms with Gasteiger partial charge in [-0.05, 0) is 38.1 Å². The van der Waals surface area contributed by atoms with Crippen LogP contribution >= 0.6 is 7.14 Å². The minimum atomic E-state index is -2.28. The van der Waals surface area contributed by atoms with Gasteiger partial charge >= 0.3 is 0 Å². The summed E-state index contributed by atoms with van der Waals surface area (Å²) in [4.78, 5) is 4.76. The third-order valence-electron chi connectivity index (χ3n) is 3.68. The fourth-order valence-corrected chi connectivity index (χ4v) is 3.76. The second-order valence-electron chi connectivity index (χ2n) is 5.82. The largest absolute Gasteiger partial charge is 0.399 e. The van der Waals surface area contributed by atoms with Crippen molar-refractivity contribution in [2.45, 2.75) is 6.54 Å². The van der Waals surface area contributed by atoms with E-state index in [1.165, 1.54) is 0 Å². The van der Waals surface area contributed by atoms with Crippen LogP contribution in [-0.4, -0.2) is 56.4 Å². The summed E-state index contributed by atoms with van der Waals surface area (Å²) in [5, 5.41) is 0.937. The third kappa shape index (κ3) is 3.82. The lowest BCUT2D eigenvalue weighted by molar-refractivity contribution is 0.148. The number of benzene rings is 1. The molecule has 2 N–H and O–H groups in total. The lowest BCUT2D eigenvalue weighted by Crippen LogP contribution is -2.44. The lowest BCUT2D eigenvalue weighted by atomic mass is 10.2. The number of piperazine rings is 1. The molecule has 0 radical (unpaired) electrons. The minimum absolute atomic E-state index is 0.695. The number of anilines is 1. The molecule has 1 aliphatic rings. The molecule has 4 nitrogen and oxygen atoms in total. The number of nitrogen functional groups attached to an aromatic ring is 1. The zero-order valence-corrected chi connectivity index (χ0v) is 13.0. The smallest absolute Gasteiger partial charge is 0.110 e. The molecule has 1 aliphatic heterocycles. The first-order valence-electron chi connectivity index (χ1n) is 6.71. The Hall–Kier alpha value is -0.830. The Morgan fingerprint density at radius 3 is 2.42 bits per heavy atom. The van der Waals surface area contributed by atoms with Crippen molar-refractivity contribution < 1.29 is 4.57 Å². The van der Waals surface area contributed by atoms with E-state index >= 15 is 0 Å². The SMILES string of the molecule is CN1CCN(Cc2ccc(N)cc2P(C)(C)=O)CC1. The summed E-state index contributed by atoms with van der Waals surface area (Å²) in [6, 6.07) is 5.82. The fourth-order valence-electron chi connectivity index (χ4n) is 2.46. The van der Waals surface area contributed by atoms with Gasteiger partial charge in [0.15, 0.2) is 0 Å². The molecule has 1 aromatic carbocycles. The molecule has 1 saturated heterocycles. The van der Waals surface area contributed by atoms with Crippen LogP contribution < -0.4 is 11.0 Å². The molecule has 106 valence electrons. The fraction of sp³-hybridized carbons (Fsp3) is 0.571. The second kappa shape index (κ2) is 5.66. The molecule has 1 aromatic rings. The lowest BCUT2D eigenvalue weighted by Gasteiger charge is -2.33. The van der Waals surface area contributed by atoms with Crippen molar-refractivity contribution in [1.29, 1.82) is 0 Å². The average Bonchev–Trinajstić information content (AvgIpc) is 2.33. The van der Waals surface area contributed by atoms with Crippen molar-refractivity contribution >= 4 is 18.1 Å². The van der Waals surface area contributed by atoms with Gasteiger partial charge in [0.25, 0.3) is 0 Å². The number of hydrogen-bond acceptors (Lipinski definition) is 4. The van der Waals surface area contributed by atoms with Crippen molar-refractivity contribution in [2.75, 3.05) is 52.3 Å². The molecule has 0 aliphatic carbocycles. The van der Waals surface area contributed by atoms with Crippen LogP contribution in [0.2, 0.25) is 0 Å². The molecule has 0 bridgehead atoms. The number of rotatable bonds is 3. The van der Waals surface area contributed by atoms with Crippen LogP contribution in [0, 0.1) is 0 Å². The van der Waals surface area contributed by atoms with Crippen LogP contribution in [0.4, 0.5) is 5.69 Å². The Kier molecular flexibility index (Phi) is 4.34. The zero-order valence-electron chi connectivity index (χ0n) is 12.1. The number of nitrogens with two attached hydrogens (primary N) is 1. The van der Waals surface area contributed by atoms with Gasteiger partial charge in [0.05, 0.1) is 0 Å². The molecule has 0 aromatic heterocycles. The highest BCUT2D eigenvalue weighted by molar-refractivity contribution is 7.70. The van der Waals surface area contributed by atoms with Crippen LogP contribution in [0.3, 0.4) is 0 Å². The summed E-state index contributed by atoms with van der Waals surface area (Å²) in [6.07, 6.45) is 0. The van der Waals surface area contributed by atoms with Crippen molar-refractivity contribution in [3.05, 3.63) is 23.8 Å². The maximum absolute atomic E-state index is 12.4. The monoisotopic (exact) mass is 281 g/mol. The van der Waals surface area contributed by atoms with Crippen molar-refractivity contribution in [3.63, 3.8) is 0 Å². The molecule has 1 fully saturated rings. The van der Waals surface area contributed by atoms with Crippen LogP contribution in [0.15, 0.2) is 18.2 Å². The average molecular weight is 281 g/mol. The second-order valence-corrected chi connectivity index (χ2v) is 9.00. The Morgan fingerprint density at radius 1 is 1.21 bits per heavy atom. The van der Waals surface area contributed by atoms with Gasteiger partial charge < -0.3 is 15.2 Å². The van der Waals surface area contributed by atoms with Crippen molar-refractivity contribution in [3.8, 4) is 0 Å². The Morgan fingerprint density at radius 2 is 1.84 bits per heavy atom. The summed E-state index contributed by atoms with van der Waals surface area (Å²) in [7, 11) is -0.128. The van der Waals surface area contributed by atoms with Crippen LogP contribution in [0.25, 0.3) is 0 Å². The molecular weight excluding hydrogens is 257 g/mol. The normalized spacial score (nSPS) is 18.7. The quantitative estimate of drug-likeness (QED) is 0.669. The predicted octanol–water partition coefficient (Wildman–Crippen LogP) is 1.26. The molecular formula is C14H24N3OP. The third-order valence-corrected chi connectivity index (χ3v) is 5.26. The van der Waals surface area contributed by atoms with E-state index in [-0.39, 0.29) is 0 Å². The van der Waals surface area contributed by atoms with E-state index in [1.807, 2.05) is 31.5 Å². The minimum Gasteiger partial charge on any atom is -0.399 e. The van der Waals surface area contributed by atoms with Gasteiger partial charge in [-0.3, -0.25) is 4.90 Å². The number of nitrogens with zero attached hydrogens (tertiary/aromatic N) is 2. The molecule has 0 unspecified atom stereocenters. The standard InChI is InChI=1S/C14H24N3OP/c1-16-6-8-17(9-7-16)11-12-4-5-13(15)10-14(12)19(2,3)18/h4-5,10H,6-9,11,15H2,1-3H3. The van der Waals surface area contributed by atoms with Gasteiger partial charge in [0.1, 0.15) is 7.14 Å². The van der Waals surface area contributed by atoms with Gasteiger partial charge in [0.2, 0.25) is 0 Å². The van der Waals surface area contributed by atoms with E-state index in [4.69, 9.17) is 5.73 Å². The maximum Gasteiger partial charge on any atom is 0.110 e. The Balaban J connectivity index is 2.18. The van der Waals surface area contributed by atoms with Crippen molar-refractivity contribution in [2.24, 2.45) is 0 Å². The van der Waals surface area contributed by atoms with Crippen LogP contribution in [-0.2, 0) is 11.1 Å². The van der Waals surface area contributed by atoms with Gasteiger partial charge in [0, 0.05) is 43.7 Å². The van der Waals surface area contributed by atoms with Gasteiger partial charge in [-0.1, -0.05) is 6.07 Å². The number of likely N-dealkylation sites (N-methyl/N-ethyl adjacent to an activating group) is 1. The molecule has 2 rings (SSSR count). The van der Waals surface area contributed by atoms with E-state index < -0.39 is 7.14 Å². The van der Waals surface area contributed by atoms with Crippen LogP contribution in [0.1, 0.15) is 5.56 Å². The van der Waals surface area contributed by atoms with E-state index in [0.29, 0.717) is 5.69 Å². The molecule has 0 saturated carbocycles. The van der Waals surface area contributed by atoms with Gasteiger partial charge in [-0.15, -0.1) is 0 Å². The van der Waals surface area contributed by atoms with Gasteiger partial charge in [-0.2, -0.15) is 0 Å². The first-order valence-corrected chi connectivity index (χ1v) is 9.31. The Labute approximate surface area is 115 Å². The topological polar surface area (TPSA) is 49.6 Å². The molecule has 5 heteroatoms. The summed E-state index contributed by atoms with van der Waals surface area (Å²) < 4.78 is 12.4.